The largest absolute Gasteiger partial charge is 0.390 e. The van der Waals surface area contributed by atoms with Gasteiger partial charge in [0.05, 0.1) is 6.42 Å². The van der Waals surface area contributed by atoms with E-state index >= 15 is 0 Å². The average molecular weight is 393 g/mol. The predicted octanol–water partition coefficient (Wildman–Crippen LogP) is 3.15. The molecule has 0 aliphatic carbocycles. The van der Waals surface area contributed by atoms with E-state index in [2.05, 4.69) is 36.5 Å². The first-order chi connectivity index (χ1) is 10.9. The molecule has 8 heteroatoms. The van der Waals surface area contributed by atoms with Crippen LogP contribution in [0.25, 0.3) is 0 Å². The van der Waals surface area contributed by atoms with Crippen LogP contribution in [0.3, 0.4) is 0 Å². The van der Waals surface area contributed by atoms with E-state index in [1.807, 2.05) is 24.3 Å². The Kier molecular flexibility index (Phi) is 6.15. The summed E-state index contributed by atoms with van der Waals surface area (Å²) in [6, 6.07) is 8.24. The van der Waals surface area contributed by atoms with E-state index in [-0.39, 0.29) is 12.6 Å². The summed E-state index contributed by atoms with van der Waals surface area (Å²) in [5.41, 5.74) is 1.14. The van der Waals surface area contributed by atoms with Crippen molar-refractivity contribution >= 4 is 27.6 Å². The summed E-state index contributed by atoms with van der Waals surface area (Å²) in [5.74, 6) is 0.414. The lowest BCUT2D eigenvalue weighted by Crippen LogP contribution is -2.45. The molecule has 1 aliphatic rings. The normalized spacial score (nSPS) is 19.1. The van der Waals surface area contributed by atoms with Gasteiger partial charge in [0.25, 0.3) is 0 Å². The fourth-order valence-electron chi connectivity index (χ4n) is 2.48. The van der Waals surface area contributed by atoms with E-state index in [1.165, 1.54) is 0 Å². The first-order valence-corrected chi connectivity index (χ1v) is 8.21. The molecule has 1 fully saturated rings. The number of rotatable bonds is 4. The molecule has 0 saturated carbocycles. The van der Waals surface area contributed by atoms with Gasteiger partial charge in [-0.2, -0.15) is 13.2 Å². The van der Waals surface area contributed by atoms with E-state index in [1.54, 1.807) is 7.05 Å². The Bertz CT molecular complexity index is 531. The molecule has 0 amide bonds. The van der Waals surface area contributed by atoms with Crippen LogP contribution in [0.1, 0.15) is 12.8 Å². The lowest BCUT2D eigenvalue weighted by molar-refractivity contribution is -0.132. The first-order valence-electron chi connectivity index (χ1n) is 7.42. The maximum absolute atomic E-state index is 12.2. The van der Waals surface area contributed by atoms with Crippen LogP contribution in [-0.2, 0) is 0 Å². The second-order valence-corrected chi connectivity index (χ2v) is 6.33. The maximum atomic E-state index is 12.2. The number of aliphatic imine (C=N–C) groups is 1. The molecule has 1 atom stereocenters. The van der Waals surface area contributed by atoms with Gasteiger partial charge in [0.15, 0.2) is 5.96 Å². The van der Waals surface area contributed by atoms with Crippen LogP contribution in [0.5, 0.6) is 0 Å². The minimum Gasteiger partial charge on any atom is -0.369 e. The van der Waals surface area contributed by atoms with Gasteiger partial charge in [0, 0.05) is 42.9 Å². The van der Waals surface area contributed by atoms with Crippen molar-refractivity contribution in [3.05, 3.63) is 28.7 Å². The third-order valence-corrected chi connectivity index (χ3v) is 4.17. The molecular weight excluding hydrogens is 373 g/mol. The van der Waals surface area contributed by atoms with Crippen molar-refractivity contribution in [2.45, 2.75) is 25.1 Å². The van der Waals surface area contributed by atoms with Crippen LogP contribution in [0.4, 0.5) is 18.9 Å². The first kappa shape index (κ1) is 17.9. The number of benzene rings is 1. The molecule has 0 bridgehead atoms. The Balaban J connectivity index is 1.80. The number of alkyl halides is 3. The lowest BCUT2D eigenvalue weighted by Gasteiger charge is -2.20. The molecule has 1 aromatic rings. The van der Waals surface area contributed by atoms with Gasteiger partial charge in [-0.05, 0) is 30.7 Å². The van der Waals surface area contributed by atoms with Crippen LogP contribution >= 0.6 is 15.9 Å². The number of nitrogens with one attached hydrogen (secondary N) is 2. The highest BCUT2D eigenvalue weighted by atomic mass is 79.9. The minimum absolute atomic E-state index is 0.163. The van der Waals surface area contributed by atoms with E-state index in [9.17, 15) is 13.2 Å². The van der Waals surface area contributed by atoms with Gasteiger partial charge in [-0.15, -0.1) is 0 Å². The second-order valence-electron chi connectivity index (χ2n) is 5.42. The highest BCUT2D eigenvalue weighted by Crippen LogP contribution is 2.22. The predicted molar refractivity (Wildman–Crippen MR) is 89.9 cm³/mol. The van der Waals surface area contributed by atoms with E-state index in [0.29, 0.717) is 5.96 Å². The number of nitrogens with zero attached hydrogens (tertiary/aromatic N) is 2. The van der Waals surface area contributed by atoms with Gasteiger partial charge in [-0.3, -0.25) is 4.99 Å². The quantitative estimate of drug-likeness (QED) is 0.610. The summed E-state index contributed by atoms with van der Waals surface area (Å²) >= 11 is 3.41. The zero-order valence-corrected chi connectivity index (χ0v) is 14.4. The minimum atomic E-state index is -4.16. The number of hydrogen-bond acceptors (Lipinski definition) is 2. The summed E-state index contributed by atoms with van der Waals surface area (Å²) in [6.07, 6.45) is -4.11. The smallest absolute Gasteiger partial charge is 0.369 e. The SMILES string of the molecule is CN=C(NCCC(F)(F)F)NC1CCN(c2ccc(Br)cc2)C1. The molecule has 1 unspecified atom stereocenters. The molecule has 4 nitrogen and oxygen atoms in total. The molecule has 128 valence electrons. The Hall–Kier alpha value is -1.44. The molecule has 1 aliphatic heterocycles. The van der Waals surface area contributed by atoms with Crippen molar-refractivity contribution < 1.29 is 13.2 Å². The third kappa shape index (κ3) is 5.93. The highest BCUT2D eigenvalue weighted by molar-refractivity contribution is 9.10. The Labute approximate surface area is 142 Å². The molecule has 0 radical (unpaired) electrons. The van der Waals surface area contributed by atoms with Crippen LogP contribution in [0.2, 0.25) is 0 Å². The maximum Gasteiger partial charge on any atom is 0.390 e. The summed E-state index contributed by atoms with van der Waals surface area (Å²) in [5, 5.41) is 5.89. The van der Waals surface area contributed by atoms with Crippen LogP contribution in [0, 0.1) is 0 Å². The molecule has 1 heterocycles. The standard InChI is InChI=1S/C15H20BrF3N4/c1-20-14(21-8-7-15(17,18)19)22-12-6-9-23(10-12)13-4-2-11(16)3-5-13/h2-5,12H,6-10H2,1H3,(H2,20,21,22). The molecule has 1 saturated heterocycles. The molecule has 2 rings (SSSR count). The monoisotopic (exact) mass is 392 g/mol. The molecule has 2 N–H and O–H groups in total. The zero-order chi connectivity index (χ0) is 16.9. The molecule has 0 spiro atoms. The van der Waals surface area contributed by atoms with Gasteiger partial charge in [-0.25, -0.2) is 0 Å². The second kappa shape index (κ2) is 7.90. The topological polar surface area (TPSA) is 39.7 Å². The van der Waals surface area contributed by atoms with Gasteiger partial charge in [-0.1, -0.05) is 15.9 Å². The number of hydrogen-bond donors (Lipinski definition) is 2. The summed E-state index contributed by atoms with van der Waals surface area (Å²) in [4.78, 5) is 6.23. The number of guanidine groups is 1. The molecule has 1 aromatic carbocycles. The zero-order valence-electron chi connectivity index (χ0n) is 12.8. The highest BCUT2D eigenvalue weighted by Gasteiger charge is 2.27. The van der Waals surface area contributed by atoms with E-state index < -0.39 is 12.6 Å². The van der Waals surface area contributed by atoms with Gasteiger partial charge in [0.2, 0.25) is 0 Å². The van der Waals surface area contributed by atoms with Crippen LogP contribution in [0.15, 0.2) is 33.7 Å². The molecule has 0 aromatic heterocycles. The Morgan fingerprint density at radius 1 is 1.35 bits per heavy atom. The number of halogens is 4. The van der Waals surface area contributed by atoms with Crippen molar-refractivity contribution in [3.8, 4) is 0 Å². The van der Waals surface area contributed by atoms with Gasteiger partial charge < -0.3 is 15.5 Å². The molecule has 23 heavy (non-hydrogen) atoms. The van der Waals surface area contributed by atoms with Crippen molar-refractivity contribution in [1.82, 2.24) is 10.6 Å². The summed E-state index contributed by atoms with van der Waals surface area (Å²) < 4.78 is 37.5. The fourth-order valence-corrected chi connectivity index (χ4v) is 2.74. The van der Waals surface area contributed by atoms with Gasteiger partial charge in [0.1, 0.15) is 0 Å². The lowest BCUT2D eigenvalue weighted by atomic mass is 10.2. The Morgan fingerprint density at radius 2 is 2.04 bits per heavy atom. The average Bonchev–Trinajstić information content (AvgIpc) is 2.94. The van der Waals surface area contributed by atoms with Crippen molar-refractivity contribution in [2.24, 2.45) is 4.99 Å². The summed E-state index contributed by atoms with van der Waals surface area (Å²) in [6.45, 7) is 1.52. The van der Waals surface area contributed by atoms with Crippen LogP contribution in [-0.4, -0.2) is 44.9 Å². The Morgan fingerprint density at radius 3 is 2.65 bits per heavy atom. The summed E-state index contributed by atoms with van der Waals surface area (Å²) in [7, 11) is 1.56. The van der Waals surface area contributed by atoms with Crippen molar-refractivity contribution in [2.75, 3.05) is 31.6 Å². The van der Waals surface area contributed by atoms with E-state index in [0.717, 1.165) is 29.7 Å². The van der Waals surface area contributed by atoms with Crippen molar-refractivity contribution in [1.29, 1.82) is 0 Å². The van der Waals surface area contributed by atoms with Gasteiger partial charge >= 0.3 is 6.18 Å². The van der Waals surface area contributed by atoms with E-state index in [4.69, 9.17) is 0 Å². The van der Waals surface area contributed by atoms with Crippen molar-refractivity contribution in [3.63, 3.8) is 0 Å². The molecular formula is C15H20BrF3N4. The third-order valence-electron chi connectivity index (χ3n) is 3.65. The fraction of sp³-hybridized carbons (Fsp3) is 0.533. The number of anilines is 1. The van der Waals surface area contributed by atoms with Crippen LogP contribution < -0.4 is 15.5 Å².